The molecule has 0 bridgehead atoms. The molecule has 2 rings (SSSR count). The summed E-state index contributed by atoms with van der Waals surface area (Å²) in [7, 11) is 0. The van der Waals surface area contributed by atoms with Crippen LogP contribution in [-0.4, -0.2) is 10.1 Å². The number of hydrogen-bond acceptors (Lipinski definition) is 3. The second-order valence-corrected chi connectivity index (χ2v) is 2.78. The minimum atomic E-state index is -4.49. The zero-order valence-corrected chi connectivity index (χ0v) is 7.32. The lowest BCUT2D eigenvalue weighted by Gasteiger charge is -2.08. The van der Waals surface area contributed by atoms with E-state index in [2.05, 4.69) is 14.7 Å². The molecule has 0 fully saturated rings. The van der Waals surface area contributed by atoms with Gasteiger partial charge in [0.1, 0.15) is 12.0 Å². The summed E-state index contributed by atoms with van der Waals surface area (Å²) < 4.78 is 42.0. The monoisotopic (exact) mass is 214 g/mol. The molecule has 0 unspecified atom stereocenters. The molecular formula is C9H5F3N2O. The lowest BCUT2D eigenvalue weighted by atomic mass is 10.1. The third-order valence-electron chi connectivity index (χ3n) is 1.79. The number of nitrogens with zero attached hydrogens (tertiary/aromatic N) is 2. The molecule has 0 aromatic carbocycles. The van der Waals surface area contributed by atoms with Crippen molar-refractivity contribution in [2.75, 3.05) is 0 Å². The van der Waals surface area contributed by atoms with E-state index in [1.165, 1.54) is 24.5 Å². The number of halogens is 3. The summed E-state index contributed by atoms with van der Waals surface area (Å²) in [4.78, 5) is 3.30. The van der Waals surface area contributed by atoms with E-state index in [0.717, 1.165) is 6.20 Å². The zero-order chi connectivity index (χ0) is 10.9. The molecule has 3 nitrogen and oxygen atoms in total. The highest BCUT2D eigenvalue weighted by Gasteiger charge is 2.35. The standard InChI is InChI=1S/C9H5F3N2O/c10-9(11,12)8-6(2-1-4-13-8)7-3-5-15-14-7/h1-5H. The highest BCUT2D eigenvalue weighted by atomic mass is 19.4. The molecule has 0 aliphatic heterocycles. The van der Waals surface area contributed by atoms with E-state index in [1.54, 1.807) is 0 Å². The summed E-state index contributed by atoms with van der Waals surface area (Å²) in [6, 6.07) is 4.07. The maximum absolute atomic E-state index is 12.5. The van der Waals surface area contributed by atoms with Crippen LogP contribution in [0.2, 0.25) is 0 Å². The average Bonchev–Trinajstić information content (AvgIpc) is 2.69. The lowest BCUT2D eigenvalue weighted by molar-refractivity contribution is -0.140. The summed E-state index contributed by atoms with van der Waals surface area (Å²) in [6.45, 7) is 0. The van der Waals surface area contributed by atoms with E-state index in [4.69, 9.17) is 0 Å². The van der Waals surface area contributed by atoms with Crippen molar-refractivity contribution in [1.29, 1.82) is 0 Å². The molecular weight excluding hydrogens is 209 g/mol. The topological polar surface area (TPSA) is 38.9 Å². The first kappa shape index (κ1) is 9.70. The average molecular weight is 214 g/mol. The Labute approximate surface area is 82.5 Å². The fourth-order valence-corrected chi connectivity index (χ4v) is 1.19. The van der Waals surface area contributed by atoms with E-state index in [-0.39, 0.29) is 11.3 Å². The van der Waals surface area contributed by atoms with Gasteiger partial charge in [0.15, 0.2) is 5.69 Å². The van der Waals surface area contributed by atoms with Gasteiger partial charge < -0.3 is 4.52 Å². The molecule has 0 radical (unpaired) electrons. The van der Waals surface area contributed by atoms with Crippen molar-refractivity contribution in [3.63, 3.8) is 0 Å². The molecule has 0 saturated carbocycles. The van der Waals surface area contributed by atoms with E-state index < -0.39 is 11.9 Å². The van der Waals surface area contributed by atoms with Crippen LogP contribution < -0.4 is 0 Å². The number of alkyl halides is 3. The molecule has 0 N–H and O–H groups in total. The molecule has 0 amide bonds. The van der Waals surface area contributed by atoms with Crippen molar-refractivity contribution in [2.45, 2.75) is 6.18 Å². The van der Waals surface area contributed by atoms with E-state index in [9.17, 15) is 13.2 Å². The van der Waals surface area contributed by atoms with Gasteiger partial charge in [-0.1, -0.05) is 5.16 Å². The van der Waals surface area contributed by atoms with Crippen LogP contribution in [0, 0.1) is 0 Å². The minimum absolute atomic E-state index is 0.0845. The number of rotatable bonds is 1. The van der Waals surface area contributed by atoms with E-state index in [0.29, 0.717) is 0 Å². The van der Waals surface area contributed by atoms with Gasteiger partial charge in [-0.3, -0.25) is 4.98 Å². The van der Waals surface area contributed by atoms with Gasteiger partial charge in [0.2, 0.25) is 0 Å². The second kappa shape index (κ2) is 3.38. The van der Waals surface area contributed by atoms with Crippen molar-refractivity contribution in [3.05, 3.63) is 36.4 Å². The third-order valence-corrected chi connectivity index (χ3v) is 1.79. The zero-order valence-electron chi connectivity index (χ0n) is 7.32. The fourth-order valence-electron chi connectivity index (χ4n) is 1.19. The Bertz CT molecular complexity index is 451. The van der Waals surface area contributed by atoms with Crippen molar-refractivity contribution in [2.24, 2.45) is 0 Å². The van der Waals surface area contributed by atoms with E-state index >= 15 is 0 Å². The Kier molecular flexibility index (Phi) is 2.18. The van der Waals surface area contributed by atoms with Crippen LogP contribution >= 0.6 is 0 Å². The Morgan fingerprint density at radius 1 is 1.20 bits per heavy atom. The summed E-state index contributed by atoms with van der Waals surface area (Å²) in [5, 5.41) is 3.45. The molecule has 78 valence electrons. The van der Waals surface area contributed by atoms with Gasteiger partial charge in [-0.2, -0.15) is 13.2 Å². The fraction of sp³-hybridized carbons (Fsp3) is 0.111. The smallest absolute Gasteiger partial charge is 0.364 e. The third kappa shape index (κ3) is 1.83. The second-order valence-electron chi connectivity index (χ2n) is 2.78. The Balaban J connectivity index is 2.58. The molecule has 15 heavy (non-hydrogen) atoms. The Hall–Kier alpha value is -1.85. The van der Waals surface area contributed by atoms with Crippen molar-refractivity contribution in [3.8, 4) is 11.3 Å². The Morgan fingerprint density at radius 3 is 2.60 bits per heavy atom. The van der Waals surface area contributed by atoms with Crippen molar-refractivity contribution < 1.29 is 17.7 Å². The largest absolute Gasteiger partial charge is 0.434 e. The highest BCUT2D eigenvalue weighted by molar-refractivity contribution is 5.61. The normalized spacial score (nSPS) is 11.7. The summed E-state index contributed by atoms with van der Waals surface area (Å²) >= 11 is 0. The van der Waals surface area contributed by atoms with Crippen LogP contribution in [0.1, 0.15) is 5.69 Å². The van der Waals surface area contributed by atoms with Gasteiger partial charge in [0.05, 0.1) is 0 Å². The number of aromatic nitrogens is 2. The molecule has 0 spiro atoms. The predicted molar refractivity (Wildman–Crippen MR) is 44.7 cm³/mol. The first-order valence-electron chi connectivity index (χ1n) is 4.02. The highest BCUT2D eigenvalue weighted by Crippen LogP contribution is 2.34. The molecule has 6 heteroatoms. The molecule has 0 aliphatic rings. The van der Waals surface area contributed by atoms with E-state index in [1.807, 2.05) is 0 Å². The van der Waals surface area contributed by atoms with Gasteiger partial charge >= 0.3 is 6.18 Å². The lowest BCUT2D eigenvalue weighted by Crippen LogP contribution is -2.09. The van der Waals surface area contributed by atoms with Gasteiger partial charge in [-0.15, -0.1) is 0 Å². The number of hydrogen-bond donors (Lipinski definition) is 0. The molecule has 0 aliphatic carbocycles. The van der Waals surface area contributed by atoms with Gasteiger partial charge in [0, 0.05) is 17.8 Å². The van der Waals surface area contributed by atoms with Crippen molar-refractivity contribution >= 4 is 0 Å². The van der Waals surface area contributed by atoms with Crippen LogP contribution in [0.4, 0.5) is 13.2 Å². The summed E-state index contributed by atoms with van der Waals surface area (Å²) in [5.41, 5.74) is -0.923. The predicted octanol–water partition coefficient (Wildman–Crippen LogP) is 2.76. The van der Waals surface area contributed by atoms with Gasteiger partial charge in [-0.25, -0.2) is 0 Å². The van der Waals surface area contributed by atoms with Gasteiger partial charge in [-0.05, 0) is 12.1 Å². The number of pyridine rings is 1. The first-order valence-corrected chi connectivity index (χ1v) is 4.02. The summed E-state index contributed by atoms with van der Waals surface area (Å²) in [5.74, 6) is 0. The van der Waals surface area contributed by atoms with Crippen LogP contribution in [-0.2, 0) is 6.18 Å². The molecule has 2 heterocycles. The molecule has 0 saturated heterocycles. The maximum Gasteiger partial charge on any atom is 0.434 e. The van der Waals surface area contributed by atoms with Crippen LogP contribution in [0.25, 0.3) is 11.3 Å². The van der Waals surface area contributed by atoms with Gasteiger partial charge in [0.25, 0.3) is 0 Å². The molecule has 0 atom stereocenters. The van der Waals surface area contributed by atoms with Crippen LogP contribution in [0.15, 0.2) is 35.2 Å². The molecule has 2 aromatic heterocycles. The Morgan fingerprint density at radius 2 is 2.00 bits per heavy atom. The van der Waals surface area contributed by atoms with Crippen LogP contribution in [0.3, 0.4) is 0 Å². The molecule has 2 aromatic rings. The quantitative estimate of drug-likeness (QED) is 0.732. The van der Waals surface area contributed by atoms with Crippen LogP contribution in [0.5, 0.6) is 0 Å². The SMILES string of the molecule is FC(F)(F)c1ncccc1-c1ccon1. The summed E-state index contributed by atoms with van der Waals surface area (Å²) in [6.07, 6.45) is -2.19. The van der Waals surface area contributed by atoms with Crippen molar-refractivity contribution in [1.82, 2.24) is 10.1 Å². The first-order chi connectivity index (χ1) is 7.09. The maximum atomic E-state index is 12.5. The minimum Gasteiger partial charge on any atom is -0.364 e.